The van der Waals surface area contributed by atoms with Crippen molar-refractivity contribution in [3.05, 3.63) is 40.2 Å². The van der Waals surface area contributed by atoms with Gasteiger partial charge in [-0.05, 0) is 59.1 Å². The van der Waals surface area contributed by atoms with Gasteiger partial charge in [-0.3, -0.25) is 5.10 Å². The quantitative estimate of drug-likeness (QED) is 0.285. The minimum absolute atomic E-state index is 0. The summed E-state index contributed by atoms with van der Waals surface area (Å²) in [6.07, 6.45) is 7.50. The van der Waals surface area contributed by atoms with E-state index in [9.17, 15) is 0 Å². The molecule has 0 spiro atoms. The van der Waals surface area contributed by atoms with E-state index in [0.717, 1.165) is 0 Å². The third kappa shape index (κ3) is 44.7. The molecule has 0 saturated carbocycles. The molecule has 0 saturated heterocycles. The van der Waals surface area contributed by atoms with Crippen LogP contribution in [0, 0.1) is 17.8 Å². The lowest BCUT2D eigenvalue weighted by Gasteiger charge is -2.23. The Kier molecular flexibility index (Phi) is 71.6. The lowest BCUT2D eigenvalue weighted by atomic mass is 9.83. The Morgan fingerprint density at radius 1 is 0.500 bits per heavy atom. The summed E-state index contributed by atoms with van der Waals surface area (Å²) >= 11 is 0. The third-order valence-corrected chi connectivity index (χ3v) is 5.48. The van der Waals surface area contributed by atoms with Crippen LogP contribution < -0.4 is 0 Å². The van der Waals surface area contributed by atoms with E-state index in [1.807, 2.05) is 0 Å². The highest BCUT2D eigenvalue weighted by Crippen LogP contribution is 2.31. The average Bonchev–Trinajstić information content (AvgIpc) is 3.38. The number of nitrogens with zero attached hydrogens (tertiary/aromatic N) is 1. The van der Waals surface area contributed by atoms with E-state index in [4.69, 9.17) is 0 Å². The zero-order valence-electron chi connectivity index (χ0n) is 37.4. The molecule has 0 aromatic carbocycles. The zero-order valence-corrected chi connectivity index (χ0v) is 37.4. The highest BCUT2D eigenvalue weighted by molar-refractivity contribution is 5.36. The molecule has 1 rings (SSSR count). The normalized spacial score (nSPS) is 9.81. The summed E-state index contributed by atoms with van der Waals surface area (Å²) in [5, 5.41) is 7.62. The minimum atomic E-state index is 0. The van der Waals surface area contributed by atoms with Crippen molar-refractivity contribution in [2.24, 2.45) is 17.8 Å². The van der Waals surface area contributed by atoms with E-state index in [2.05, 4.69) is 190 Å². The van der Waals surface area contributed by atoms with Crippen LogP contribution in [0.4, 0.5) is 0 Å². The number of aromatic amines is 1. The van der Waals surface area contributed by atoms with Crippen molar-refractivity contribution < 1.29 is 0 Å². The predicted octanol–water partition coefficient (Wildman–Crippen LogP) is 18.4. The highest BCUT2D eigenvalue weighted by Gasteiger charge is 2.20. The van der Waals surface area contributed by atoms with Gasteiger partial charge < -0.3 is 0 Å². The summed E-state index contributed by atoms with van der Waals surface area (Å²) in [6, 6.07) is 0. The summed E-state index contributed by atoms with van der Waals surface area (Å²) in [5.41, 5.74) is 8.27. The van der Waals surface area contributed by atoms with Crippen LogP contribution in [0.1, 0.15) is 261 Å². The van der Waals surface area contributed by atoms with Crippen molar-refractivity contribution >= 4 is 0 Å². The van der Waals surface area contributed by atoms with Gasteiger partial charge in [-0.2, -0.15) is 5.10 Å². The first kappa shape index (κ1) is 68.6. The second-order valence-electron chi connectivity index (χ2n) is 14.2. The van der Waals surface area contributed by atoms with E-state index in [-0.39, 0.29) is 14.9 Å². The topological polar surface area (TPSA) is 28.7 Å². The molecule has 0 aliphatic carbocycles. The Labute approximate surface area is 311 Å². The number of hydrogen-bond donors (Lipinski definition) is 1. The molecule has 0 atom stereocenters. The van der Waals surface area contributed by atoms with Gasteiger partial charge in [-0.15, -0.1) is 0 Å². The molecule has 0 amide bonds. The van der Waals surface area contributed by atoms with Crippen LogP contribution in [0.25, 0.3) is 0 Å². The van der Waals surface area contributed by atoms with Gasteiger partial charge in [-0.25, -0.2) is 0 Å². The summed E-state index contributed by atoms with van der Waals surface area (Å²) < 4.78 is 0. The Bertz CT molecular complexity index is 686. The zero-order chi connectivity index (χ0) is 38.6. The molecule has 2 heteroatoms. The van der Waals surface area contributed by atoms with Crippen LogP contribution >= 0.6 is 0 Å². The van der Waals surface area contributed by atoms with Gasteiger partial charge in [0.1, 0.15) is 0 Å². The SMILES string of the molecule is C.C.C=C(/C(=C(\C)C(C)C)C(C)C)C(C)C.CC(C)c1n[nH]c(C(C)C)c1C(C)C.CCC.CCC.CCC.CCC.CCC.CCC. The maximum atomic E-state index is 4.43. The molecule has 0 aliphatic rings. The Morgan fingerprint density at radius 3 is 0.958 bits per heavy atom. The van der Waals surface area contributed by atoms with Gasteiger partial charge in [0, 0.05) is 5.69 Å². The number of hydrogen-bond acceptors (Lipinski definition) is 1. The first-order chi connectivity index (χ1) is 21.2. The van der Waals surface area contributed by atoms with Gasteiger partial charge in [0.2, 0.25) is 0 Å². The van der Waals surface area contributed by atoms with Crippen LogP contribution in [0.15, 0.2) is 23.3 Å². The standard InChI is InChI=1S/C14H26.C12H22N2.6C3H8.2CH4/c1-9(2)12(7)14(11(5)6)13(8)10(3)4;1-7(2)10-11(8(3)4)13-14-12(10)9(5)6;6*1-3-2;;/h9-11H,7H2,1-6,8H3;7-9H,1-6H3,(H,13,14);6*3H2,1-2H3;2*1H4/b14-13+;;;;;;;;;. The van der Waals surface area contributed by atoms with Gasteiger partial charge in [0.05, 0.1) is 5.69 Å². The molecule has 0 radical (unpaired) electrons. The van der Waals surface area contributed by atoms with E-state index < -0.39 is 0 Å². The van der Waals surface area contributed by atoms with Crippen molar-refractivity contribution in [1.82, 2.24) is 10.2 Å². The predicted molar refractivity (Wildman–Crippen MR) is 236 cm³/mol. The number of nitrogens with one attached hydrogen (secondary N) is 1. The average molecular weight is 685 g/mol. The lowest BCUT2D eigenvalue weighted by molar-refractivity contribution is 0.661. The van der Waals surface area contributed by atoms with E-state index >= 15 is 0 Å². The maximum Gasteiger partial charge on any atom is 0.0685 e. The lowest BCUT2D eigenvalue weighted by Crippen LogP contribution is -2.08. The molecule has 0 aliphatic heterocycles. The Hall–Kier alpha value is -1.31. The molecule has 0 fully saturated rings. The van der Waals surface area contributed by atoms with Crippen molar-refractivity contribution in [1.29, 1.82) is 0 Å². The summed E-state index contributed by atoms with van der Waals surface area (Å²) in [7, 11) is 0. The largest absolute Gasteiger partial charge is 0.282 e. The number of allylic oxidation sites excluding steroid dienone is 3. The monoisotopic (exact) mass is 685 g/mol. The molecule has 1 heterocycles. The summed E-state index contributed by atoms with van der Waals surface area (Å²) in [5.74, 6) is 3.38. The molecule has 1 aromatic rings. The molecule has 48 heavy (non-hydrogen) atoms. The second-order valence-corrected chi connectivity index (χ2v) is 14.2. The molecule has 1 aromatic heterocycles. The molecule has 1 N–H and O–H groups in total. The summed E-state index contributed by atoms with van der Waals surface area (Å²) in [4.78, 5) is 0. The van der Waals surface area contributed by atoms with Crippen molar-refractivity contribution in [3.63, 3.8) is 0 Å². The van der Waals surface area contributed by atoms with Crippen LogP contribution in [-0.2, 0) is 0 Å². The Morgan fingerprint density at radius 2 is 0.792 bits per heavy atom. The van der Waals surface area contributed by atoms with Gasteiger partial charge in [-0.1, -0.05) is 232 Å². The molecule has 298 valence electrons. The summed E-state index contributed by atoms with van der Waals surface area (Å²) in [6.45, 7) is 58.7. The molecule has 0 bridgehead atoms. The smallest absolute Gasteiger partial charge is 0.0685 e. The van der Waals surface area contributed by atoms with Crippen molar-refractivity contribution in [2.75, 3.05) is 0 Å². The Balaban J connectivity index is -0.0000000591. The highest BCUT2D eigenvalue weighted by atomic mass is 15.1. The number of rotatable bonds is 7. The fraction of sp³-hybridized carbons (Fsp3) is 0.848. The van der Waals surface area contributed by atoms with Crippen LogP contribution in [0.2, 0.25) is 0 Å². The fourth-order valence-electron chi connectivity index (χ4n) is 3.57. The first-order valence-corrected chi connectivity index (χ1v) is 19.7. The van der Waals surface area contributed by atoms with E-state index in [1.165, 1.54) is 72.2 Å². The van der Waals surface area contributed by atoms with Crippen LogP contribution in [-0.4, -0.2) is 10.2 Å². The first-order valence-electron chi connectivity index (χ1n) is 19.7. The second kappa shape index (κ2) is 50.1. The van der Waals surface area contributed by atoms with Crippen molar-refractivity contribution in [2.45, 2.75) is 244 Å². The maximum absolute atomic E-state index is 4.43. The molecule has 0 unspecified atom stereocenters. The molecular weight excluding hydrogens is 581 g/mol. The number of H-pyrrole nitrogens is 1. The van der Waals surface area contributed by atoms with E-state index in [1.54, 1.807) is 0 Å². The number of aromatic nitrogens is 2. The third-order valence-electron chi connectivity index (χ3n) is 5.48. The van der Waals surface area contributed by atoms with Gasteiger partial charge in [0.15, 0.2) is 0 Å². The molecule has 2 nitrogen and oxygen atoms in total. The van der Waals surface area contributed by atoms with Crippen LogP contribution in [0.3, 0.4) is 0 Å². The van der Waals surface area contributed by atoms with Gasteiger partial charge >= 0.3 is 0 Å². The molecular formula is C46H104N2. The van der Waals surface area contributed by atoms with Crippen LogP contribution in [0.5, 0.6) is 0 Å². The van der Waals surface area contributed by atoms with E-state index in [0.29, 0.717) is 35.5 Å². The van der Waals surface area contributed by atoms with Gasteiger partial charge in [0.25, 0.3) is 0 Å². The van der Waals surface area contributed by atoms with Crippen molar-refractivity contribution in [3.8, 4) is 0 Å². The minimum Gasteiger partial charge on any atom is -0.282 e. The fourth-order valence-corrected chi connectivity index (χ4v) is 3.57.